The number of aromatic nitrogens is 1. The lowest BCUT2D eigenvalue weighted by molar-refractivity contribution is -0.355. The van der Waals surface area contributed by atoms with Gasteiger partial charge in [-0.25, -0.2) is 4.99 Å². The first kappa shape index (κ1) is 65.3. The van der Waals surface area contributed by atoms with E-state index in [4.69, 9.17) is 14.3 Å². The summed E-state index contributed by atoms with van der Waals surface area (Å²) in [5.41, 5.74) is -2.15. The zero-order valence-electron chi connectivity index (χ0n) is 46.9. The van der Waals surface area contributed by atoms with Crippen LogP contribution in [0.3, 0.4) is 0 Å². The second kappa shape index (κ2) is 22.3. The van der Waals surface area contributed by atoms with Crippen molar-refractivity contribution in [2.24, 2.45) is 4.99 Å². The highest BCUT2D eigenvalue weighted by Crippen LogP contribution is 2.52. The Kier molecular flexibility index (Phi) is 17.7. The van der Waals surface area contributed by atoms with Crippen molar-refractivity contribution < 1.29 is 83.9 Å². The molecule has 0 amide bonds. The topological polar surface area (TPSA) is 35.8 Å². The first-order valence-electron chi connectivity index (χ1n) is 25.8. The number of rotatable bonds is 16. The van der Waals surface area contributed by atoms with Gasteiger partial charge < -0.3 is 13.8 Å². The number of aliphatic imine (C=N–C) groups is 1. The maximum Gasteiger partial charge on any atom is 0.598 e. The number of allylic oxidation sites excluding steroid dienone is 3. The highest BCUT2D eigenvalue weighted by molar-refractivity contribution is 6.44. The average molecular weight is 1180 g/mol. The van der Waals surface area contributed by atoms with Crippen LogP contribution in [0.5, 0.6) is 0 Å². The molecule has 0 spiro atoms. The standard InChI is InChI=1S/C60H62BF17N2O2/c1-50(2,3)39-21-13-35(14-22-39)44-31-46(37-17-25-41(26-18-37)52(7,8)9)79-48(44)43(29-30-54(62,63)57(68,69)60(76,77)78)49-45(36-15-23-40(24-16-36)51(4,5)6)32-47(38-19-27-42(28-20-38)53(10,11)12)80(49)61(81-33-55(64,65)58(70,71)72)82-34-56(66,67)59(73,74)75/h13-28,31-32H,29-30,33-34H2,1-12H3/b48-43-. The Morgan fingerprint density at radius 1 is 0.439 bits per heavy atom. The van der Waals surface area contributed by atoms with Crippen molar-refractivity contribution >= 4 is 24.1 Å². The lowest BCUT2D eigenvalue weighted by atomic mass is 9.85. The van der Waals surface area contributed by atoms with Crippen LogP contribution < -0.4 is 0 Å². The van der Waals surface area contributed by atoms with Crippen LogP contribution in [0.2, 0.25) is 0 Å². The molecule has 1 aliphatic rings. The highest BCUT2D eigenvalue weighted by atomic mass is 19.4. The minimum atomic E-state index is -6.88. The highest BCUT2D eigenvalue weighted by Gasteiger charge is 2.72. The molecular weight excluding hydrogens is 1110 g/mol. The molecule has 0 N–H and O–H groups in total. The molecule has 0 bridgehead atoms. The Bertz CT molecular complexity index is 3130. The zero-order chi connectivity index (χ0) is 62.0. The predicted octanol–water partition coefficient (Wildman–Crippen LogP) is 19.2. The van der Waals surface area contributed by atoms with Crippen LogP contribution in [-0.2, 0) is 31.0 Å². The molecule has 22 heteroatoms. The van der Waals surface area contributed by atoms with Crippen molar-refractivity contribution in [1.82, 2.24) is 4.48 Å². The second-order valence-electron chi connectivity index (χ2n) is 24.5. The largest absolute Gasteiger partial charge is 0.598 e. The lowest BCUT2D eigenvalue weighted by Gasteiger charge is -2.30. The van der Waals surface area contributed by atoms with Crippen molar-refractivity contribution in [3.05, 3.63) is 154 Å². The quantitative estimate of drug-likeness (QED) is 0.0729. The number of nitrogens with zero attached hydrogens (tertiary/aromatic N) is 2. The van der Waals surface area contributed by atoms with E-state index in [-0.39, 0.29) is 33.5 Å². The van der Waals surface area contributed by atoms with Gasteiger partial charge in [-0.2, -0.15) is 74.6 Å². The smallest absolute Gasteiger partial charge is 0.385 e. The summed E-state index contributed by atoms with van der Waals surface area (Å²) >= 11 is 0. The Morgan fingerprint density at radius 2 is 0.793 bits per heavy atom. The molecule has 4 nitrogen and oxygen atoms in total. The van der Waals surface area contributed by atoms with E-state index in [1.165, 1.54) is 42.5 Å². The lowest BCUT2D eigenvalue weighted by Crippen LogP contribution is -2.51. The summed E-state index contributed by atoms with van der Waals surface area (Å²) in [6.07, 6.45) is -22.5. The molecule has 1 aliphatic heterocycles. The van der Waals surface area contributed by atoms with Crippen LogP contribution >= 0.6 is 0 Å². The Morgan fingerprint density at radius 3 is 1.15 bits per heavy atom. The molecule has 446 valence electrons. The van der Waals surface area contributed by atoms with Crippen molar-refractivity contribution in [3.8, 4) is 22.4 Å². The molecule has 0 unspecified atom stereocenters. The zero-order valence-corrected chi connectivity index (χ0v) is 46.9. The number of hydrogen-bond acceptors (Lipinski definition) is 3. The summed E-state index contributed by atoms with van der Waals surface area (Å²) < 4.78 is 260. The van der Waals surface area contributed by atoms with E-state index >= 15 is 35.1 Å². The Balaban J connectivity index is 1.90. The molecule has 0 saturated carbocycles. The van der Waals surface area contributed by atoms with Gasteiger partial charge in [0.25, 0.3) is 0 Å². The van der Waals surface area contributed by atoms with Crippen LogP contribution in [0, 0.1) is 0 Å². The van der Waals surface area contributed by atoms with Crippen LogP contribution in [0.4, 0.5) is 74.6 Å². The number of hydrogen-bond donors (Lipinski definition) is 0. The summed E-state index contributed by atoms with van der Waals surface area (Å²) in [6, 6.07) is 25.7. The van der Waals surface area contributed by atoms with E-state index in [0.717, 1.165) is 17.2 Å². The second-order valence-corrected chi connectivity index (χ2v) is 24.5. The molecule has 1 aromatic heterocycles. The molecule has 2 heterocycles. The third-order valence-electron chi connectivity index (χ3n) is 14.0. The average Bonchev–Trinajstić information content (AvgIpc) is 4.19. The van der Waals surface area contributed by atoms with Gasteiger partial charge in [0.1, 0.15) is 13.2 Å². The monoisotopic (exact) mass is 1180 g/mol. The van der Waals surface area contributed by atoms with Crippen LogP contribution in [0.15, 0.2) is 120 Å². The van der Waals surface area contributed by atoms with Gasteiger partial charge in [-0.15, -0.1) is 0 Å². The van der Waals surface area contributed by atoms with E-state index in [1.807, 2.05) is 62.3 Å². The van der Waals surface area contributed by atoms with Gasteiger partial charge in [0, 0.05) is 40.1 Å². The first-order chi connectivity index (χ1) is 37.1. The van der Waals surface area contributed by atoms with Crippen molar-refractivity contribution in [1.29, 1.82) is 0 Å². The summed E-state index contributed by atoms with van der Waals surface area (Å²) in [7, 11) is -3.29. The molecule has 0 radical (unpaired) electrons. The third kappa shape index (κ3) is 14.0. The predicted molar refractivity (Wildman–Crippen MR) is 285 cm³/mol. The summed E-state index contributed by atoms with van der Waals surface area (Å²) in [5, 5.41) is 0. The van der Waals surface area contributed by atoms with Gasteiger partial charge in [-0.05, 0) is 79.2 Å². The fourth-order valence-corrected chi connectivity index (χ4v) is 8.80. The maximum absolute atomic E-state index is 16.1. The normalized spacial score (nSPS) is 15.5. The number of benzene rings is 4. The molecule has 0 atom stereocenters. The Hall–Kier alpha value is -5.90. The molecule has 4 aromatic carbocycles. The van der Waals surface area contributed by atoms with E-state index in [2.05, 4.69) is 0 Å². The first-order valence-corrected chi connectivity index (χ1v) is 25.8. The van der Waals surface area contributed by atoms with E-state index < -0.39 is 120 Å². The minimum Gasteiger partial charge on any atom is -0.385 e. The molecule has 0 fully saturated rings. The van der Waals surface area contributed by atoms with Crippen LogP contribution in [-0.4, -0.2) is 72.9 Å². The van der Waals surface area contributed by atoms with E-state index in [1.54, 1.807) is 81.4 Å². The van der Waals surface area contributed by atoms with Crippen LogP contribution in [0.1, 0.15) is 135 Å². The van der Waals surface area contributed by atoms with E-state index in [0.29, 0.717) is 21.2 Å². The van der Waals surface area contributed by atoms with E-state index in [9.17, 15) is 39.5 Å². The van der Waals surface area contributed by atoms with Crippen LogP contribution in [0.25, 0.3) is 33.5 Å². The van der Waals surface area contributed by atoms with Gasteiger partial charge in [0.2, 0.25) is 0 Å². The summed E-state index contributed by atoms with van der Waals surface area (Å²) in [6.45, 7) is 16.4. The molecule has 0 aliphatic carbocycles. The van der Waals surface area contributed by atoms with Crippen molar-refractivity contribution in [2.75, 3.05) is 13.2 Å². The fourth-order valence-electron chi connectivity index (χ4n) is 8.80. The molecular formula is C60H62BF17N2O2. The number of halogens is 17. The van der Waals surface area contributed by atoms with Gasteiger partial charge >= 0.3 is 49.5 Å². The van der Waals surface area contributed by atoms with Gasteiger partial charge in [0.15, 0.2) is 0 Å². The Labute approximate surface area is 465 Å². The van der Waals surface area contributed by atoms with Gasteiger partial charge in [-0.3, -0.25) is 0 Å². The summed E-state index contributed by atoms with van der Waals surface area (Å²) in [5.74, 6) is -24.6. The molecule has 0 saturated heterocycles. The van der Waals surface area contributed by atoms with Crippen molar-refractivity contribution in [2.45, 2.75) is 160 Å². The van der Waals surface area contributed by atoms with Gasteiger partial charge in [0.05, 0.1) is 11.4 Å². The molecule has 82 heavy (non-hydrogen) atoms. The minimum absolute atomic E-state index is 0.00102. The van der Waals surface area contributed by atoms with Crippen molar-refractivity contribution in [3.63, 3.8) is 0 Å². The number of alkyl halides is 17. The third-order valence-corrected chi connectivity index (χ3v) is 14.0. The SMILES string of the molecule is CC(C)(C)c1ccc(C2=CC(c3ccc(C(C)(C)C)cc3)=N/C2=C(/CCC(F)(F)C(F)(F)C(F)(F)F)c2c(-c3ccc(C(C)(C)C)cc3)cc(-c3ccc(C(C)(C)C)cc3)n2B(OCC(F)(F)C(F)(F)F)OCC(F)(F)C(F)(F)F)cc1. The fraction of sp³-hybridized carbons (Fsp3) is 0.450. The molecule has 6 rings (SSSR count). The molecule has 5 aromatic rings. The maximum atomic E-state index is 16.1. The van der Waals surface area contributed by atoms with Gasteiger partial charge in [-0.1, -0.05) is 180 Å². The summed E-state index contributed by atoms with van der Waals surface area (Å²) in [4.78, 5) is 4.82.